The number of carboxylic acids is 2. The Bertz CT molecular complexity index is 1680. The zero-order valence-electron chi connectivity index (χ0n) is 21.4. The molecule has 43 heavy (non-hydrogen) atoms. The van der Waals surface area contributed by atoms with Crippen LogP contribution in [0.1, 0.15) is 62.1 Å². The summed E-state index contributed by atoms with van der Waals surface area (Å²) in [6, 6.07) is 17.8. The topological polar surface area (TPSA) is 171 Å². The van der Waals surface area contributed by atoms with Gasteiger partial charge in [-0.15, -0.1) is 0 Å². The van der Waals surface area contributed by atoms with Gasteiger partial charge in [-0.3, -0.25) is 0 Å². The van der Waals surface area contributed by atoms with E-state index in [0.29, 0.717) is 0 Å². The van der Waals surface area contributed by atoms with Crippen LogP contribution in [0.5, 0.6) is 11.5 Å². The van der Waals surface area contributed by atoms with Gasteiger partial charge in [-0.2, -0.15) is 0 Å². The largest absolute Gasteiger partial charge is 0.478 e. The Morgan fingerprint density at radius 3 is 1.19 bits per heavy atom. The monoisotopic (exact) mass is 622 g/mol. The van der Waals surface area contributed by atoms with E-state index in [1.807, 2.05) is 0 Å². The fourth-order valence-electron chi connectivity index (χ4n) is 3.66. The van der Waals surface area contributed by atoms with Crippen LogP contribution in [-0.2, 0) is 4.74 Å². The number of carbonyl (C=O) groups is 6. The van der Waals surface area contributed by atoms with Crippen LogP contribution in [0.4, 0.5) is 0 Å². The quantitative estimate of drug-likeness (QED) is 0.138. The van der Waals surface area contributed by atoms with Crippen LogP contribution in [0.2, 0.25) is 10.0 Å². The molecule has 4 aromatic carbocycles. The van der Waals surface area contributed by atoms with Gasteiger partial charge < -0.3 is 24.4 Å². The van der Waals surface area contributed by atoms with Gasteiger partial charge in [-0.1, -0.05) is 47.5 Å². The highest BCUT2D eigenvalue weighted by molar-refractivity contribution is 6.34. The molecule has 0 saturated carbocycles. The maximum atomic E-state index is 12.8. The smallest absolute Gasteiger partial charge is 0.346 e. The molecule has 0 atom stereocenters. The lowest BCUT2D eigenvalue weighted by atomic mass is 10.1. The van der Waals surface area contributed by atoms with Crippen LogP contribution in [0, 0.1) is 0 Å². The van der Waals surface area contributed by atoms with E-state index in [9.17, 15) is 39.0 Å². The number of aromatic carboxylic acids is 2. The van der Waals surface area contributed by atoms with Crippen molar-refractivity contribution < 1.29 is 53.2 Å². The van der Waals surface area contributed by atoms with Crippen molar-refractivity contribution in [2.75, 3.05) is 0 Å². The summed E-state index contributed by atoms with van der Waals surface area (Å²) in [6.07, 6.45) is 0. The van der Waals surface area contributed by atoms with Crippen LogP contribution in [0.15, 0.2) is 84.9 Å². The molecule has 4 rings (SSSR count). The Morgan fingerprint density at radius 1 is 0.465 bits per heavy atom. The zero-order valence-corrected chi connectivity index (χ0v) is 22.9. The molecule has 0 radical (unpaired) electrons. The molecule has 0 aromatic heterocycles. The molecule has 0 saturated heterocycles. The first-order chi connectivity index (χ1) is 20.5. The van der Waals surface area contributed by atoms with Crippen LogP contribution in [-0.4, -0.2) is 46.0 Å². The van der Waals surface area contributed by atoms with Gasteiger partial charge in [0.25, 0.3) is 0 Å². The van der Waals surface area contributed by atoms with Crippen molar-refractivity contribution in [3.8, 4) is 11.5 Å². The molecule has 0 unspecified atom stereocenters. The van der Waals surface area contributed by atoms with Gasteiger partial charge in [0.15, 0.2) is 0 Å². The molecule has 0 bridgehead atoms. The van der Waals surface area contributed by atoms with E-state index in [1.54, 1.807) is 12.1 Å². The van der Waals surface area contributed by atoms with E-state index in [0.717, 1.165) is 36.4 Å². The average molecular weight is 623 g/mol. The van der Waals surface area contributed by atoms with Gasteiger partial charge in [0.05, 0.1) is 43.4 Å². The molecule has 0 amide bonds. The number of rotatable bonds is 8. The number of halogens is 2. The first kappa shape index (κ1) is 30.4. The fourth-order valence-corrected chi connectivity index (χ4v) is 4.08. The summed E-state index contributed by atoms with van der Waals surface area (Å²) in [6.45, 7) is 0. The second-order valence-electron chi connectivity index (χ2n) is 8.44. The second kappa shape index (κ2) is 13.0. The molecule has 0 aliphatic rings. The summed E-state index contributed by atoms with van der Waals surface area (Å²) >= 11 is 11.9. The van der Waals surface area contributed by atoms with Crippen LogP contribution >= 0.6 is 23.2 Å². The van der Waals surface area contributed by atoms with Crippen molar-refractivity contribution in [3.05, 3.63) is 128 Å². The predicted octanol–water partition coefficient (Wildman–Crippen LogP) is 5.83. The van der Waals surface area contributed by atoms with Gasteiger partial charge in [0.1, 0.15) is 11.5 Å². The molecule has 0 fully saturated rings. The Hall–Kier alpha value is -5.52. The van der Waals surface area contributed by atoms with E-state index >= 15 is 0 Å². The minimum Gasteiger partial charge on any atom is -0.478 e. The summed E-state index contributed by atoms with van der Waals surface area (Å²) < 4.78 is 15.1. The lowest BCUT2D eigenvalue weighted by Gasteiger charge is -2.11. The van der Waals surface area contributed by atoms with Gasteiger partial charge >= 0.3 is 35.8 Å². The Balaban J connectivity index is 1.54. The molecule has 0 spiro atoms. The SMILES string of the molecule is O=C(Oc1ccc(C(=O)OC(=O)c2ccc(OC(=O)c3ccccc3Cl)cc2C(=O)O)c(C(=O)O)c1)c1ccccc1Cl. The molecule has 0 heterocycles. The summed E-state index contributed by atoms with van der Waals surface area (Å²) in [7, 11) is 0. The Morgan fingerprint density at radius 2 is 0.837 bits per heavy atom. The van der Waals surface area contributed by atoms with Gasteiger partial charge in [0.2, 0.25) is 0 Å². The molecular formula is C30H16Cl2O11. The van der Waals surface area contributed by atoms with E-state index in [4.69, 9.17) is 37.4 Å². The summed E-state index contributed by atoms with van der Waals surface area (Å²) in [5.74, 6) is -8.39. The van der Waals surface area contributed by atoms with Gasteiger partial charge in [0, 0.05) is 0 Å². The zero-order chi connectivity index (χ0) is 31.3. The van der Waals surface area contributed by atoms with Crippen molar-refractivity contribution in [1.82, 2.24) is 0 Å². The van der Waals surface area contributed by atoms with Crippen LogP contribution < -0.4 is 9.47 Å². The second-order valence-corrected chi connectivity index (χ2v) is 9.26. The maximum Gasteiger partial charge on any atom is 0.346 e. The first-order valence-electron chi connectivity index (χ1n) is 11.9. The third-order valence-corrected chi connectivity index (χ3v) is 6.34. The summed E-state index contributed by atoms with van der Waals surface area (Å²) in [4.78, 5) is 74.1. The average Bonchev–Trinajstić information content (AvgIpc) is 2.97. The van der Waals surface area contributed by atoms with Gasteiger partial charge in [-0.05, 0) is 60.7 Å². The number of carboxylic acid groups (broad SMARTS) is 2. The lowest BCUT2D eigenvalue weighted by Crippen LogP contribution is -2.19. The van der Waals surface area contributed by atoms with Gasteiger partial charge in [-0.25, -0.2) is 28.8 Å². The molecule has 0 aliphatic carbocycles. The number of esters is 4. The third-order valence-electron chi connectivity index (χ3n) is 5.68. The van der Waals surface area contributed by atoms with Crippen molar-refractivity contribution in [2.45, 2.75) is 0 Å². The fraction of sp³-hybridized carbons (Fsp3) is 0. The highest BCUT2D eigenvalue weighted by Crippen LogP contribution is 2.25. The van der Waals surface area contributed by atoms with E-state index < -0.39 is 58.1 Å². The van der Waals surface area contributed by atoms with Crippen molar-refractivity contribution in [3.63, 3.8) is 0 Å². The maximum absolute atomic E-state index is 12.8. The lowest BCUT2D eigenvalue weighted by molar-refractivity contribution is 0.0386. The number of benzene rings is 4. The van der Waals surface area contributed by atoms with E-state index in [1.165, 1.54) is 36.4 Å². The molecule has 11 nitrogen and oxygen atoms in total. The summed E-state index contributed by atoms with van der Waals surface area (Å²) in [5, 5.41) is 19.4. The predicted molar refractivity (Wildman–Crippen MR) is 149 cm³/mol. The molecule has 0 aliphatic heterocycles. The number of ether oxygens (including phenoxy) is 3. The minimum atomic E-state index is -1.62. The molecule has 216 valence electrons. The third kappa shape index (κ3) is 7.04. The Kier molecular flexibility index (Phi) is 9.19. The number of carbonyl (C=O) groups excluding carboxylic acids is 4. The normalized spacial score (nSPS) is 10.4. The molecule has 2 N–H and O–H groups in total. The summed E-state index contributed by atoms with van der Waals surface area (Å²) in [5.41, 5.74) is -2.53. The number of hydrogen-bond acceptors (Lipinski definition) is 9. The van der Waals surface area contributed by atoms with Crippen LogP contribution in [0.25, 0.3) is 0 Å². The van der Waals surface area contributed by atoms with Crippen molar-refractivity contribution >= 4 is 59.0 Å². The number of hydrogen-bond donors (Lipinski definition) is 2. The van der Waals surface area contributed by atoms with Crippen molar-refractivity contribution in [2.24, 2.45) is 0 Å². The first-order valence-corrected chi connectivity index (χ1v) is 12.7. The van der Waals surface area contributed by atoms with E-state index in [-0.39, 0.29) is 32.7 Å². The highest BCUT2D eigenvalue weighted by atomic mass is 35.5. The molecular weight excluding hydrogens is 607 g/mol. The Labute approximate surface area is 251 Å². The standard InChI is InChI=1S/C30H16Cl2O11/c31-23-7-3-1-5-19(23)29(39)41-15-9-11-17(21(13-15)25(33)34)27(37)43-28(38)18-12-10-16(14-22(18)26(35)36)42-30(40)20-6-2-4-8-24(20)32/h1-14H,(H,33,34)(H,35,36). The van der Waals surface area contributed by atoms with Crippen molar-refractivity contribution in [1.29, 1.82) is 0 Å². The molecule has 4 aromatic rings. The van der Waals surface area contributed by atoms with Crippen LogP contribution in [0.3, 0.4) is 0 Å². The minimum absolute atomic E-state index is 0.00834. The molecule has 13 heteroatoms. The highest BCUT2D eigenvalue weighted by Gasteiger charge is 2.26. The van der Waals surface area contributed by atoms with E-state index in [2.05, 4.69) is 0 Å².